The fourth-order valence-corrected chi connectivity index (χ4v) is 3.36. The van der Waals surface area contributed by atoms with E-state index in [2.05, 4.69) is 31.9 Å². The lowest BCUT2D eigenvalue weighted by atomic mass is 10.1. The van der Waals surface area contributed by atoms with Crippen molar-refractivity contribution in [3.05, 3.63) is 76.9 Å². The fraction of sp³-hybridized carbons (Fsp3) is 0. The average Bonchev–Trinajstić information content (AvgIpc) is 2.58. The van der Waals surface area contributed by atoms with Gasteiger partial charge in [-0.05, 0) is 52.3 Å². The Morgan fingerprint density at radius 2 is 1.64 bits per heavy atom. The molecule has 0 bridgehead atoms. The zero-order valence-corrected chi connectivity index (χ0v) is 14.8. The lowest BCUT2D eigenvalue weighted by Gasteiger charge is -2.01. The lowest BCUT2D eigenvalue weighted by Crippen LogP contribution is -2.06. The van der Waals surface area contributed by atoms with Crippen LogP contribution in [-0.2, 0) is 0 Å². The van der Waals surface area contributed by atoms with E-state index in [0.29, 0.717) is 25.3 Å². The standard InChI is InChI=1S/C16H7Br2ClO3/c17-9-5-11-13(20)7-14(8-1-3-10(19)4-2-8)22-16(11)15(21)12(18)6-9/h1-7H. The molecular weight excluding hydrogens is 435 g/mol. The van der Waals surface area contributed by atoms with Crippen LogP contribution in [0.2, 0.25) is 5.02 Å². The molecule has 0 aliphatic carbocycles. The SMILES string of the molecule is O=c1cc(-c2ccc(Cl)cc2)oc2c(=O)c(Br)cc(Br)cc12. The summed E-state index contributed by atoms with van der Waals surface area (Å²) in [4.78, 5) is 24.7. The van der Waals surface area contributed by atoms with Gasteiger partial charge in [-0.25, -0.2) is 0 Å². The summed E-state index contributed by atoms with van der Waals surface area (Å²) in [6, 6.07) is 11.4. The minimum Gasteiger partial charge on any atom is -0.452 e. The van der Waals surface area contributed by atoms with Gasteiger partial charge in [0.15, 0.2) is 11.0 Å². The van der Waals surface area contributed by atoms with E-state index in [0.717, 1.165) is 0 Å². The molecule has 110 valence electrons. The van der Waals surface area contributed by atoms with Crippen LogP contribution in [-0.4, -0.2) is 0 Å². The van der Waals surface area contributed by atoms with Crippen molar-refractivity contribution in [2.45, 2.75) is 0 Å². The third kappa shape index (κ3) is 2.89. The van der Waals surface area contributed by atoms with E-state index in [9.17, 15) is 9.59 Å². The van der Waals surface area contributed by atoms with Crippen molar-refractivity contribution < 1.29 is 4.42 Å². The van der Waals surface area contributed by atoms with Crippen molar-refractivity contribution in [2.75, 3.05) is 0 Å². The lowest BCUT2D eigenvalue weighted by molar-refractivity contribution is 0.616. The van der Waals surface area contributed by atoms with E-state index in [4.69, 9.17) is 16.0 Å². The number of halogens is 3. The maximum atomic E-state index is 12.3. The topological polar surface area (TPSA) is 47.3 Å². The van der Waals surface area contributed by atoms with Crippen LogP contribution in [0.1, 0.15) is 0 Å². The van der Waals surface area contributed by atoms with Gasteiger partial charge >= 0.3 is 0 Å². The van der Waals surface area contributed by atoms with Crippen LogP contribution < -0.4 is 10.9 Å². The van der Waals surface area contributed by atoms with Crippen LogP contribution >= 0.6 is 43.5 Å². The summed E-state index contributed by atoms with van der Waals surface area (Å²) in [5, 5.41) is 0.801. The van der Waals surface area contributed by atoms with E-state index in [1.807, 2.05) is 0 Å². The van der Waals surface area contributed by atoms with Gasteiger partial charge in [0.25, 0.3) is 0 Å². The minimum atomic E-state index is -0.381. The monoisotopic (exact) mass is 440 g/mol. The van der Waals surface area contributed by atoms with Gasteiger partial charge in [0, 0.05) is 21.1 Å². The average molecular weight is 442 g/mol. The summed E-state index contributed by atoms with van der Waals surface area (Å²) in [5.41, 5.74) is 0.0141. The van der Waals surface area contributed by atoms with Gasteiger partial charge in [-0.1, -0.05) is 27.5 Å². The van der Waals surface area contributed by atoms with Crippen molar-refractivity contribution in [2.24, 2.45) is 0 Å². The third-order valence-electron chi connectivity index (χ3n) is 3.08. The zero-order chi connectivity index (χ0) is 15.9. The van der Waals surface area contributed by atoms with Gasteiger partial charge < -0.3 is 4.42 Å². The predicted octanol–water partition coefficient (Wildman–Crippen LogP) is 5.00. The molecule has 0 saturated carbocycles. The second kappa shape index (κ2) is 5.99. The van der Waals surface area contributed by atoms with Crippen molar-refractivity contribution >= 4 is 54.4 Å². The van der Waals surface area contributed by atoms with Gasteiger partial charge in [-0.2, -0.15) is 0 Å². The number of hydrogen-bond acceptors (Lipinski definition) is 3. The quantitative estimate of drug-likeness (QED) is 0.533. The van der Waals surface area contributed by atoms with Crippen molar-refractivity contribution in [3.8, 4) is 11.3 Å². The summed E-state index contributed by atoms with van der Waals surface area (Å²) in [5.74, 6) is 0.320. The first kappa shape index (κ1) is 15.5. The number of fused-ring (bicyclic) bond motifs is 1. The molecule has 3 rings (SSSR count). The van der Waals surface area contributed by atoms with Crippen LogP contribution in [0, 0.1) is 0 Å². The molecule has 0 aliphatic rings. The Labute approximate surface area is 146 Å². The first-order valence-electron chi connectivity index (χ1n) is 6.19. The zero-order valence-electron chi connectivity index (χ0n) is 10.9. The van der Waals surface area contributed by atoms with E-state index in [1.165, 1.54) is 6.07 Å². The highest BCUT2D eigenvalue weighted by molar-refractivity contribution is 9.11. The normalized spacial score (nSPS) is 10.9. The summed E-state index contributed by atoms with van der Waals surface area (Å²) < 4.78 is 6.61. The molecule has 0 spiro atoms. The molecule has 0 amide bonds. The number of benzene rings is 1. The predicted molar refractivity (Wildman–Crippen MR) is 94.6 cm³/mol. The Hall–Kier alpha value is -1.43. The molecule has 3 aromatic rings. The third-order valence-corrected chi connectivity index (χ3v) is 4.38. The molecule has 3 nitrogen and oxygen atoms in total. The highest BCUT2D eigenvalue weighted by atomic mass is 79.9. The molecule has 0 saturated heterocycles. The summed E-state index contributed by atoms with van der Waals surface area (Å²) in [6.07, 6.45) is 0. The molecule has 0 N–H and O–H groups in total. The molecule has 0 radical (unpaired) electrons. The molecule has 1 aromatic heterocycles. The van der Waals surface area contributed by atoms with E-state index < -0.39 is 0 Å². The Morgan fingerprint density at radius 3 is 2.32 bits per heavy atom. The molecule has 1 heterocycles. The molecule has 0 fully saturated rings. The summed E-state index contributed by atoms with van der Waals surface area (Å²) in [7, 11) is 0. The van der Waals surface area contributed by atoms with Crippen LogP contribution in [0.25, 0.3) is 22.3 Å². The second-order valence-electron chi connectivity index (χ2n) is 4.58. The molecule has 0 unspecified atom stereocenters. The van der Waals surface area contributed by atoms with Crippen LogP contribution in [0.15, 0.2) is 65.4 Å². The van der Waals surface area contributed by atoms with Gasteiger partial charge in [0.1, 0.15) is 5.76 Å². The summed E-state index contributed by atoms with van der Waals surface area (Å²) in [6.45, 7) is 0. The Bertz CT molecular complexity index is 995. The highest BCUT2D eigenvalue weighted by Crippen LogP contribution is 2.24. The summed E-state index contributed by atoms with van der Waals surface area (Å²) >= 11 is 12.3. The fourth-order valence-electron chi connectivity index (χ4n) is 2.04. The van der Waals surface area contributed by atoms with Crippen molar-refractivity contribution in [1.29, 1.82) is 0 Å². The van der Waals surface area contributed by atoms with E-state index >= 15 is 0 Å². The van der Waals surface area contributed by atoms with E-state index in [-0.39, 0.29) is 21.8 Å². The first-order chi connectivity index (χ1) is 10.5. The molecule has 6 heteroatoms. The van der Waals surface area contributed by atoms with Gasteiger partial charge in [-0.15, -0.1) is 0 Å². The van der Waals surface area contributed by atoms with Crippen LogP contribution in [0.5, 0.6) is 0 Å². The van der Waals surface area contributed by atoms with Gasteiger partial charge in [-0.3, -0.25) is 9.59 Å². The maximum absolute atomic E-state index is 12.3. The van der Waals surface area contributed by atoms with Gasteiger partial charge in [0.2, 0.25) is 5.43 Å². The molecule has 2 aromatic carbocycles. The smallest absolute Gasteiger partial charge is 0.235 e. The van der Waals surface area contributed by atoms with Crippen molar-refractivity contribution in [3.63, 3.8) is 0 Å². The van der Waals surface area contributed by atoms with Gasteiger partial charge in [0.05, 0.1) is 9.86 Å². The molecule has 0 aliphatic heterocycles. The van der Waals surface area contributed by atoms with Crippen LogP contribution in [0.4, 0.5) is 0 Å². The maximum Gasteiger partial charge on any atom is 0.235 e. The molecule has 22 heavy (non-hydrogen) atoms. The van der Waals surface area contributed by atoms with Crippen molar-refractivity contribution in [1.82, 2.24) is 0 Å². The first-order valence-corrected chi connectivity index (χ1v) is 8.15. The molecular formula is C16H7Br2ClO3. The molecule has 0 atom stereocenters. The minimum absolute atomic E-state index is 0.00928. The number of hydrogen-bond donors (Lipinski definition) is 0. The number of rotatable bonds is 1. The largest absolute Gasteiger partial charge is 0.452 e. The van der Waals surface area contributed by atoms with Crippen LogP contribution in [0.3, 0.4) is 0 Å². The Kier molecular flexibility index (Phi) is 4.21. The van der Waals surface area contributed by atoms with E-state index in [1.54, 1.807) is 36.4 Å². The highest BCUT2D eigenvalue weighted by Gasteiger charge is 2.11. The second-order valence-corrected chi connectivity index (χ2v) is 6.78. The Balaban J connectivity index is 2.40. The Morgan fingerprint density at radius 1 is 0.955 bits per heavy atom.